The first-order chi connectivity index (χ1) is 14.8. The molecule has 0 unspecified atom stereocenters. The van der Waals surface area contributed by atoms with Crippen molar-refractivity contribution in [1.82, 2.24) is 0 Å². The number of ether oxygens (including phenoxy) is 2. The Morgan fingerprint density at radius 1 is 0.700 bits per heavy atom. The number of rotatable bonds is 20. The van der Waals surface area contributed by atoms with E-state index in [-0.39, 0.29) is 5.97 Å². The normalized spacial score (nSPS) is 10.9. The fourth-order valence-electron chi connectivity index (χ4n) is 3.38. The summed E-state index contributed by atoms with van der Waals surface area (Å²) in [6.07, 6.45) is 17.0. The maximum atomic E-state index is 12.1. The third kappa shape index (κ3) is 14.4. The van der Waals surface area contributed by atoms with Crippen LogP contribution in [0.1, 0.15) is 108 Å². The van der Waals surface area contributed by atoms with Crippen LogP contribution in [0, 0.1) is 0 Å². The molecule has 1 rings (SSSR count). The van der Waals surface area contributed by atoms with Gasteiger partial charge in [-0.25, -0.2) is 4.79 Å². The predicted octanol–water partition coefficient (Wildman–Crippen LogP) is 7.38. The number of carbonyl (C=O) groups is 1. The van der Waals surface area contributed by atoms with Gasteiger partial charge in [-0.3, -0.25) is 0 Å². The lowest BCUT2D eigenvalue weighted by molar-refractivity contribution is 0.0312. The molecule has 0 radical (unpaired) electrons. The largest absolute Gasteiger partial charge is 0.460 e. The Morgan fingerprint density at radius 2 is 1.27 bits per heavy atom. The molecule has 0 heterocycles. The lowest BCUT2D eigenvalue weighted by Gasteiger charge is -2.08. The standard InChI is InChI=1S/C26H45NO3/c1-3-5-7-8-9-10-11-12-13-14-15-21-29-22-23-30-26(28)24-16-18-25(19-17-24)27-20-6-4-2/h16-19,27H,3-15,20-23H2,1-2H3. The van der Waals surface area contributed by atoms with Gasteiger partial charge in [-0.15, -0.1) is 0 Å². The summed E-state index contributed by atoms with van der Waals surface area (Å²) in [4.78, 5) is 12.1. The van der Waals surface area contributed by atoms with Gasteiger partial charge >= 0.3 is 5.97 Å². The molecule has 0 spiro atoms. The van der Waals surface area contributed by atoms with Crippen molar-refractivity contribution in [2.24, 2.45) is 0 Å². The second-order valence-electron chi connectivity index (χ2n) is 8.14. The highest BCUT2D eigenvalue weighted by Gasteiger charge is 2.06. The molecule has 0 aliphatic heterocycles. The van der Waals surface area contributed by atoms with E-state index in [1.54, 1.807) is 0 Å². The van der Waals surface area contributed by atoms with Crippen molar-refractivity contribution in [3.8, 4) is 0 Å². The maximum absolute atomic E-state index is 12.1. The molecular formula is C26H45NO3. The summed E-state index contributed by atoms with van der Waals surface area (Å²) in [5.74, 6) is -0.284. The Kier molecular flexibility index (Phi) is 17.1. The second-order valence-corrected chi connectivity index (χ2v) is 8.14. The van der Waals surface area contributed by atoms with Crippen LogP contribution in [0.3, 0.4) is 0 Å². The van der Waals surface area contributed by atoms with E-state index in [1.165, 1.54) is 70.6 Å². The van der Waals surface area contributed by atoms with Crippen LogP contribution in [0.25, 0.3) is 0 Å². The summed E-state index contributed by atoms with van der Waals surface area (Å²) in [5.41, 5.74) is 1.62. The smallest absolute Gasteiger partial charge is 0.338 e. The molecular weight excluding hydrogens is 374 g/mol. The molecule has 30 heavy (non-hydrogen) atoms. The van der Waals surface area contributed by atoms with E-state index in [1.807, 2.05) is 24.3 Å². The fourth-order valence-corrected chi connectivity index (χ4v) is 3.38. The first-order valence-corrected chi connectivity index (χ1v) is 12.4. The van der Waals surface area contributed by atoms with Gasteiger partial charge in [-0.1, -0.05) is 84.5 Å². The SMILES string of the molecule is CCCCCCCCCCCCCOCCOC(=O)c1ccc(NCCCC)cc1. The van der Waals surface area contributed by atoms with E-state index in [2.05, 4.69) is 19.2 Å². The first-order valence-electron chi connectivity index (χ1n) is 12.4. The van der Waals surface area contributed by atoms with Crippen LogP contribution < -0.4 is 5.32 Å². The number of hydrogen-bond donors (Lipinski definition) is 1. The molecule has 0 bridgehead atoms. The highest BCUT2D eigenvalue weighted by Crippen LogP contribution is 2.12. The van der Waals surface area contributed by atoms with Crippen LogP contribution in [0.4, 0.5) is 5.69 Å². The van der Waals surface area contributed by atoms with Crippen molar-refractivity contribution < 1.29 is 14.3 Å². The summed E-state index contributed by atoms with van der Waals surface area (Å²) in [6.45, 7) is 6.93. The molecule has 1 aromatic rings. The van der Waals surface area contributed by atoms with Gasteiger partial charge in [0, 0.05) is 18.8 Å². The van der Waals surface area contributed by atoms with Gasteiger partial charge in [-0.05, 0) is 37.1 Å². The van der Waals surface area contributed by atoms with Crippen molar-refractivity contribution >= 4 is 11.7 Å². The van der Waals surface area contributed by atoms with Crippen LogP contribution in [0.2, 0.25) is 0 Å². The second kappa shape index (κ2) is 19.4. The molecule has 0 saturated carbocycles. The first kappa shape index (κ1) is 26.5. The van der Waals surface area contributed by atoms with Gasteiger partial charge in [-0.2, -0.15) is 0 Å². The van der Waals surface area contributed by atoms with Crippen LogP contribution in [0.5, 0.6) is 0 Å². The van der Waals surface area contributed by atoms with E-state index in [0.29, 0.717) is 18.8 Å². The lowest BCUT2D eigenvalue weighted by atomic mass is 10.1. The third-order valence-electron chi connectivity index (χ3n) is 5.33. The van der Waals surface area contributed by atoms with E-state index < -0.39 is 0 Å². The van der Waals surface area contributed by atoms with Gasteiger partial charge in [0.15, 0.2) is 0 Å². The maximum Gasteiger partial charge on any atom is 0.338 e. The summed E-state index contributed by atoms with van der Waals surface area (Å²) < 4.78 is 10.9. The Hall–Kier alpha value is -1.55. The highest BCUT2D eigenvalue weighted by molar-refractivity contribution is 5.89. The van der Waals surface area contributed by atoms with Crippen molar-refractivity contribution in [2.45, 2.75) is 97.3 Å². The molecule has 172 valence electrons. The van der Waals surface area contributed by atoms with Gasteiger partial charge in [0.05, 0.1) is 12.2 Å². The van der Waals surface area contributed by atoms with Crippen molar-refractivity contribution in [3.63, 3.8) is 0 Å². The molecule has 0 atom stereocenters. The Labute approximate surface area is 185 Å². The number of benzene rings is 1. The number of esters is 1. The van der Waals surface area contributed by atoms with E-state index >= 15 is 0 Å². The fraction of sp³-hybridized carbons (Fsp3) is 0.731. The van der Waals surface area contributed by atoms with Crippen LogP contribution in [-0.4, -0.2) is 32.3 Å². The molecule has 0 aromatic heterocycles. The average Bonchev–Trinajstić information content (AvgIpc) is 2.77. The molecule has 0 amide bonds. The van der Waals surface area contributed by atoms with E-state index in [4.69, 9.17) is 9.47 Å². The van der Waals surface area contributed by atoms with Crippen LogP contribution in [0.15, 0.2) is 24.3 Å². The summed E-state index contributed by atoms with van der Waals surface area (Å²) in [7, 11) is 0. The van der Waals surface area contributed by atoms with Gasteiger partial charge < -0.3 is 14.8 Å². The van der Waals surface area contributed by atoms with Crippen molar-refractivity contribution in [3.05, 3.63) is 29.8 Å². The average molecular weight is 420 g/mol. The van der Waals surface area contributed by atoms with E-state index in [0.717, 1.165) is 31.7 Å². The Balaban J connectivity index is 1.91. The molecule has 0 fully saturated rings. The Morgan fingerprint density at radius 3 is 1.87 bits per heavy atom. The summed E-state index contributed by atoms with van der Waals surface area (Å²) in [6, 6.07) is 7.47. The number of hydrogen-bond acceptors (Lipinski definition) is 4. The number of carbonyl (C=O) groups excluding carboxylic acids is 1. The predicted molar refractivity (Wildman–Crippen MR) is 127 cm³/mol. The van der Waals surface area contributed by atoms with E-state index in [9.17, 15) is 4.79 Å². The number of anilines is 1. The topological polar surface area (TPSA) is 47.6 Å². The zero-order valence-electron chi connectivity index (χ0n) is 19.6. The van der Waals surface area contributed by atoms with Crippen LogP contribution in [-0.2, 0) is 9.47 Å². The molecule has 0 saturated heterocycles. The number of nitrogens with one attached hydrogen (secondary N) is 1. The molecule has 4 nitrogen and oxygen atoms in total. The van der Waals surface area contributed by atoms with Gasteiger partial charge in [0.1, 0.15) is 6.61 Å². The molecule has 4 heteroatoms. The van der Waals surface area contributed by atoms with Crippen molar-refractivity contribution in [1.29, 1.82) is 0 Å². The molecule has 1 aromatic carbocycles. The highest BCUT2D eigenvalue weighted by atomic mass is 16.6. The monoisotopic (exact) mass is 419 g/mol. The number of unbranched alkanes of at least 4 members (excludes halogenated alkanes) is 11. The van der Waals surface area contributed by atoms with Crippen molar-refractivity contribution in [2.75, 3.05) is 31.7 Å². The molecule has 0 aliphatic carbocycles. The minimum atomic E-state index is -0.284. The Bertz CT molecular complexity index is 516. The van der Waals surface area contributed by atoms with Gasteiger partial charge in [0.2, 0.25) is 0 Å². The van der Waals surface area contributed by atoms with Gasteiger partial charge in [0.25, 0.3) is 0 Å². The third-order valence-corrected chi connectivity index (χ3v) is 5.33. The quantitative estimate of drug-likeness (QED) is 0.177. The zero-order chi connectivity index (χ0) is 21.7. The lowest BCUT2D eigenvalue weighted by Crippen LogP contribution is -2.11. The molecule has 1 N–H and O–H groups in total. The molecule has 0 aliphatic rings. The minimum absolute atomic E-state index is 0.284. The van der Waals surface area contributed by atoms with Crippen LogP contribution >= 0.6 is 0 Å². The summed E-state index contributed by atoms with van der Waals surface area (Å²) >= 11 is 0. The summed E-state index contributed by atoms with van der Waals surface area (Å²) in [5, 5.41) is 3.34. The minimum Gasteiger partial charge on any atom is -0.460 e. The zero-order valence-corrected chi connectivity index (χ0v) is 19.6.